The number of anilines is 2. The van der Waals surface area contributed by atoms with Crippen LogP contribution in [0.4, 0.5) is 11.4 Å². The molecule has 156 valence electrons. The molecule has 1 N–H and O–H groups in total. The molecule has 1 unspecified atom stereocenters. The summed E-state index contributed by atoms with van der Waals surface area (Å²) in [6.45, 7) is 0. The minimum atomic E-state index is -0.497. The topological polar surface area (TPSA) is 49.4 Å². The van der Waals surface area contributed by atoms with Gasteiger partial charge in [-0.05, 0) is 54.1 Å². The summed E-state index contributed by atoms with van der Waals surface area (Å²) in [7, 11) is 0. The maximum absolute atomic E-state index is 13.8. The molecule has 1 aromatic heterocycles. The van der Waals surface area contributed by atoms with E-state index < -0.39 is 6.04 Å². The number of nitrogens with one attached hydrogen (secondary N) is 1. The van der Waals surface area contributed by atoms with Gasteiger partial charge in [0.25, 0.3) is 0 Å². The SMILES string of the molecule is O=C1CCCC2=C1C(c1ccc(Cl)cc1)N(C(=O)Cc1cccs1)c1ccccc1N2. The van der Waals surface area contributed by atoms with Crippen LogP contribution in [0.25, 0.3) is 0 Å². The van der Waals surface area contributed by atoms with Crippen LogP contribution in [-0.2, 0) is 16.0 Å². The Labute approximate surface area is 190 Å². The number of carbonyl (C=O) groups excluding carboxylic acids is 2. The Balaban J connectivity index is 1.72. The third-order valence-corrected chi connectivity index (χ3v) is 6.93. The Morgan fingerprint density at radius 2 is 1.87 bits per heavy atom. The molecule has 31 heavy (non-hydrogen) atoms. The Bertz CT molecular complexity index is 1170. The van der Waals surface area contributed by atoms with Crippen molar-refractivity contribution in [1.29, 1.82) is 0 Å². The maximum Gasteiger partial charge on any atom is 0.233 e. The van der Waals surface area contributed by atoms with Gasteiger partial charge in [0.05, 0.1) is 23.8 Å². The summed E-state index contributed by atoms with van der Waals surface area (Å²) in [5.41, 5.74) is 4.11. The van der Waals surface area contributed by atoms with Gasteiger partial charge in [-0.3, -0.25) is 14.5 Å². The van der Waals surface area contributed by atoms with Gasteiger partial charge in [-0.15, -0.1) is 11.3 Å². The number of hydrogen-bond acceptors (Lipinski definition) is 4. The van der Waals surface area contributed by atoms with Gasteiger partial charge >= 0.3 is 0 Å². The fourth-order valence-corrected chi connectivity index (χ4v) is 5.24. The number of thiophene rings is 1. The molecule has 1 amide bonds. The summed E-state index contributed by atoms with van der Waals surface area (Å²) < 4.78 is 0. The van der Waals surface area contributed by atoms with E-state index in [1.165, 1.54) is 0 Å². The number of ketones is 1. The molecule has 0 saturated carbocycles. The van der Waals surface area contributed by atoms with E-state index in [0.29, 0.717) is 17.0 Å². The molecule has 1 atom stereocenters. The first-order valence-electron chi connectivity index (χ1n) is 10.3. The molecule has 2 heterocycles. The van der Waals surface area contributed by atoms with Crippen LogP contribution in [0.3, 0.4) is 0 Å². The van der Waals surface area contributed by atoms with E-state index in [0.717, 1.165) is 40.4 Å². The van der Waals surface area contributed by atoms with Gasteiger partial charge in [-0.1, -0.05) is 41.9 Å². The third kappa shape index (κ3) is 3.80. The Morgan fingerprint density at radius 3 is 2.65 bits per heavy atom. The minimum absolute atomic E-state index is 0.0382. The number of para-hydroxylation sites is 2. The lowest BCUT2D eigenvalue weighted by atomic mass is 9.85. The lowest BCUT2D eigenvalue weighted by molar-refractivity contribution is -0.118. The summed E-state index contributed by atoms with van der Waals surface area (Å²) in [5, 5.41) is 6.08. The molecule has 0 spiro atoms. The molecule has 3 aromatic rings. The standard InChI is InChI=1S/C25H21ClN2O2S/c26-17-12-10-16(11-13-17)25-24-20(7-3-9-22(24)29)27-19-6-1-2-8-21(19)28(25)23(30)15-18-5-4-14-31-18/h1-2,4-6,8,10-14,25,27H,3,7,9,15H2. The maximum atomic E-state index is 13.8. The van der Waals surface area contributed by atoms with Gasteiger partial charge < -0.3 is 5.32 Å². The van der Waals surface area contributed by atoms with E-state index in [2.05, 4.69) is 5.32 Å². The second kappa shape index (κ2) is 8.33. The normalized spacial score (nSPS) is 18.2. The molecule has 2 aromatic carbocycles. The molecule has 4 nitrogen and oxygen atoms in total. The number of Topliss-reactive ketones (excluding diaryl/α,β-unsaturated/α-hetero) is 1. The summed E-state index contributed by atoms with van der Waals surface area (Å²) in [4.78, 5) is 29.8. The largest absolute Gasteiger partial charge is 0.357 e. The van der Waals surface area contributed by atoms with E-state index in [-0.39, 0.29) is 18.1 Å². The molecule has 1 aliphatic carbocycles. The molecule has 1 aliphatic heterocycles. The van der Waals surface area contributed by atoms with Crippen LogP contribution in [0.2, 0.25) is 5.02 Å². The number of benzene rings is 2. The van der Waals surface area contributed by atoms with Gasteiger partial charge in [-0.25, -0.2) is 0 Å². The van der Waals surface area contributed by atoms with Crippen molar-refractivity contribution in [2.24, 2.45) is 0 Å². The molecule has 0 fully saturated rings. The van der Waals surface area contributed by atoms with Crippen molar-refractivity contribution < 1.29 is 9.59 Å². The van der Waals surface area contributed by atoms with Crippen molar-refractivity contribution in [2.75, 3.05) is 10.2 Å². The zero-order valence-corrected chi connectivity index (χ0v) is 18.4. The van der Waals surface area contributed by atoms with Crippen LogP contribution >= 0.6 is 22.9 Å². The lowest BCUT2D eigenvalue weighted by Gasteiger charge is -2.34. The molecule has 0 saturated heterocycles. The molecule has 6 heteroatoms. The highest BCUT2D eigenvalue weighted by Gasteiger charge is 2.39. The van der Waals surface area contributed by atoms with Gasteiger partial charge in [0.15, 0.2) is 5.78 Å². The quantitative estimate of drug-likeness (QED) is 0.522. The number of allylic oxidation sites excluding steroid dienone is 1. The van der Waals surface area contributed by atoms with Gasteiger partial charge in [0.2, 0.25) is 5.91 Å². The average molecular weight is 449 g/mol. The summed E-state index contributed by atoms with van der Waals surface area (Å²) in [6.07, 6.45) is 2.37. The molecule has 0 radical (unpaired) electrons. The summed E-state index contributed by atoms with van der Waals surface area (Å²) >= 11 is 7.72. The number of hydrogen-bond donors (Lipinski definition) is 1. The number of halogens is 1. The second-order valence-corrected chi connectivity index (χ2v) is 9.25. The van der Waals surface area contributed by atoms with Crippen molar-refractivity contribution in [3.8, 4) is 0 Å². The first-order chi connectivity index (χ1) is 15.1. The van der Waals surface area contributed by atoms with E-state index in [1.54, 1.807) is 16.2 Å². The lowest BCUT2D eigenvalue weighted by Crippen LogP contribution is -2.38. The van der Waals surface area contributed by atoms with Gasteiger partial charge in [0, 0.05) is 27.6 Å². The van der Waals surface area contributed by atoms with Crippen molar-refractivity contribution in [3.63, 3.8) is 0 Å². The van der Waals surface area contributed by atoms with Crippen molar-refractivity contribution >= 4 is 46.0 Å². The predicted molar refractivity (Wildman–Crippen MR) is 126 cm³/mol. The third-order valence-electron chi connectivity index (χ3n) is 5.80. The van der Waals surface area contributed by atoms with Crippen LogP contribution in [0, 0.1) is 0 Å². The minimum Gasteiger partial charge on any atom is -0.357 e. The van der Waals surface area contributed by atoms with Crippen LogP contribution in [0.5, 0.6) is 0 Å². The van der Waals surface area contributed by atoms with E-state index >= 15 is 0 Å². The predicted octanol–water partition coefficient (Wildman–Crippen LogP) is 6.15. The van der Waals surface area contributed by atoms with Gasteiger partial charge in [-0.2, -0.15) is 0 Å². The Morgan fingerprint density at radius 1 is 1.06 bits per heavy atom. The molecule has 0 bridgehead atoms. The van der Waals surface area contributed by atoms with Crippen LogP contribution in [0.1, 0.15) is 35.7 Å². The van der Waals surface area contributed by atoms with Crippen LogP contribution < -0.4 is 10.2 Å². The highest BCUT2D eigenvalue weighted by atomic mass is 35.5. The number of amides is 1. The molecular weight excluding hydrogens is 428 g/mol. The Kier molecular flexibility index (Phi) is 5.38. The summed E-state index contributed by atoms with van der Waals surface area (Å²) in [5.74, 6) is 0.0548. The molecular formula is C25H21ClN2O2S. The highest BCUT2D eigenvalue weighted by Crippen LogP contribution is 2.45. The average Bonchev–Trinajstić information content (AvgIpc) is 3.22. The smallest absolute Gasteiger partial charge is 0.233 e. The van der Waals surface area contributed by atoms with E-state index in [9.17, 15) is 9.59 Å². The van der Waals surface area contributed by atoms with Crippen molar-refractivity contribution in [3.05, 3.63) is 92.8 Å². The fourth-order valence-electron chi connectivity index (χ4n) is 4.42. The van der Waals surface area contributed by atoms with E-state index in [4.69, 9.17) is 11.6 Å². The Hall–Kier alpha value is -2.89. The zero-order chi connectivity index (χ0) is 21.4. The van der Waals surface area contributed by atoms with Crippen molar-refractivity contribution in [1.82, 2.24) is 0 Å². The second-order valence-electron chi connectivity index (χ2n) is 7.79. The summed E-state index contributed by atoms with van der Waals surface area (Å²) in [6, 6.07) is 18.7. The number of fused-ring (bicyclic) bond motifs is 1. The fraction of sp³-hybridized carbons (Fsp3) is 0.200. The van der Waals surface area contributed by atoms with Crippen molar-refractivity contribution in [2.45, 2.75) is 31.7 Å². The van der Waals surface area contributed by atoms with Crippen LogP contribution in [-0.4, -0.2) is 11.7 Å². The molecule has 2 aliphatic rings. The van der Waals surface area contributed by atoms with Gasteiger partial charge in [0.1, 0.15) is 0 Å². The number of rotatable bonds is 3. The first-order valence-corrected chi connectivity index (χ1v) is 11.6. The first kappa shape index (κ1) is 20.0. The monoisotopic (exact) mass is 448 g/mol. The zero-order valence-electron chi connectivity index (χ0n) is 16.8. The highest BCUT2D eigenvalue weighted by molar-refractivity contribution is 7.10. The molecule has 5 rings (SSSR count). The van der Waals surface area contributed by atoms with Crippen LogP contribution in [0.15, 0.2) is 77.3 Å². The number of nitrogens with zero attached hydrogens (tertiary/aromatic N) is 1. The van der Waals surface area contributed by atoms with E-state index in [1.807, 2.05) is 66.0 Å². The number of carbonyl (C=O) groups is 2.